The van der Waals surface area contributed by atoms with Crippen LogP contribution in [0.5, 0.6) is 0 Å². The Hall–Kier alpha value is -1.44. The fraction of sp³-hybridized carbons (Fsp3) is 0.562. The topological polar surface area (TPSA) is 92.5 Å². The molecule has 0 saturated heterocycles. The minimum absolute atomic E-state index is 0.0346. The fourth-order valence-corrected chi connectivity index (χ4v) is 3.63. The molecule has 1 aliphatic carbocycles. The molecule has 2 rings (SSSR count). The number of nitrogens with zero attached hydrogens (tertiary/aromatic N) is 1. The minimum atomic E-state index is -3.56. The smallest absolute Gasteiger partial charge is 0.253 e. The van der Waals surface area contributed by atoms with Gasteiger partial charge >= 0.3 is 0 Å². The van der Waals surface area contributed by atoms with Gasteiger partial charge < -0.3 is 10.6 Å². The Balaban J connectivity index is 2.17. The number of benzene rings is 1. The van der Waals surface area contributed by atoms with Crippen LogP contribution in [0.2, 0.25) is 0 Å². The van der Waals surface area contributed by atoms with Gasteiger partial charge in [-0.25, -0.2) is 13.1 Å². The number of sulfonamides is 1. The van der Waals surface area contributed by atoms with Crippen molar-refractivity contribution in [3.63, 3.8) is 0 Å². The van der Waals surface area contributed by atoms with E-state index in [1.807, 2.05) is 13.8 Å². The molecule has 0 atom stereocenters. The van der Waals surface area contributed by atoms with Crippen LogP contribution in [-0.4, -0.2) is 45.4 Å². The Kier molecular flexibility index (Phi) is 5.13. The summed E-state index contributed by atoms with van der Waals surface area (Å²) in [5, 5.41) is 0. The molecule has 1 fully saturated rings. The Morgan fingerprint density at radius 1 is 1.39 bits per heavy atom. The molecule has 0 aliphatic heterocycles. The lowest BCUT2D eigenvalue weighted by Gasteiger charge is -2.29. The van der Waals surface area contributed by atoms with Crippen molar-refractivity contribution >= 4 is 15.9 Å². The molecule has 0 bridgehead atoms. The highest BCUT2D eigenvalue weighted by Crippen LogP contribution is 2.23. The summed E-state index contributed by atoms with van der Waals surface area (Å²) in [6, 6.07) is 6.19. The highest BCUT2D eigenvalue weighted by atomic mass is 32.2. The van der Waals surface area contributed by atoms with Crippen molar-refractivity contribution in [2.24, 2.45) is 11.1 Å². The molecule has 128 valence electrons. The third-order valence-corrected chi connectivity index (χ3v) is 5.37. The van der Waals surface area contributed by atoms with Gasteiger partial charge in [0.25, 0.3) is 5.91 Å². The number of carbonyl (C=O) groups is 1. The number of hydrogen-bond donors (Lipinski definition) is 2. The molecule has 0 heterocycles. The van der Waals surface area contributed by atoms with Gasteiger partial charge in [-0.3, -0.25) is 4.79 Å². The molecule has 7 heteroatoms. The normalized spacial score (nSPS) is 15.5. The maximum atomic E-state index is 12.5. The number of rotatable bonds is 7. The van der Waals surface area contributed by atoms with Crippen LogP contribution < -0.4 is 10.5 Å². The predicted octanol–water partition coefficient (Wildman–Crippen LogP) is 1.18. The third kappa shape index (κ3) is 4.76. The fourth-order valence-electron chi connectivity index (χ4n) is 2.28. The standard InChI is InChI=1S/C16H25N3O3S/c1-16(2,10-17)11-19(3)15(20)12-5-4-6-14(9-12)23(21,22)18-13-7-8-13/h4-6,9,13,18H,7-8,10-11,17H2,1-3H3. The summed E-state index contributed by atoms with van der Waals surface area (Å²) in [5.74, 6) is -0.213. The van der Waals surface area contributed by atoms with Crippen LogP contribution in [0.3, 0.4) is 0 Å². The highest BCUT2D eigenvalue weighted by molar-refractivity contribution is 7.89. The average Bonchev–Trinajstić information content (AvgIpc) is 3.29. The first kappa shape index (κ1) is 17.9. The third-order valence-electron chi connectivity index (χ3n) is 3.85. The first-order valence-corrected chi connectivity index (χ1v) is 9.21. The van der Waals surface area contributed by atoms with E-state index in [2.05, 4.69) is 4.72 Å². The Bertz CT molecular complexity index is 682. The second-order valence-electron chi connectivity index (χ2n) is 6.95. The van der Waals surface area contributed by atoms with Crippen molar-refractivity contribution in [1.29, 1.82) is 0 Å². The highest BCUT2D eigenvalue weighted by Gasteiger charge is 2.28. The maximum absolute atomic E-state index is 12.5. The number of carbonyl (C=O) groups excluding carboxylic acids is 1. The molecule has 1 saturated carbocycles. The van der Waals surface area contributed by atoms with Crippen molar-refractivity contribution in [3.8, 4) is 0 Å². The van der Waals surface area contributed by atoms with Crippen LogP contribution in [0.25, 0.3) is 0 Å². The van der Waals surface area contributed by atoms with Crippen LogP contribution in [0.15, 0.2) is 29.2 Å². The predicted molar refractivity (Wildman–Crippen MR) is 89.6 cm³/mol. The molecule has 1 amide bonds. The summed E-state index contributed by atoms with van der Waals surface area (Å²) >= 11 is 0. The zero-order valence-electron chi connectivity index (χ0n) is 13.9. The molecule has 0 spiro atoms. The van der Waals surface area contributed by atoms with Gasteiger partial charge in [0.2, 0.25) is 10.0 Å². The van der Waals surface area contributed by atoms with Crippen LogP contribution in [-0.2, 0) is 10.0 Å². The van der Waals surface area contributed by atoms with Gasteiger partial charge in [-0.15, -0.1) is 0 Å². The van der Waals surface area contributed by atoms with E-state index in [0.29, 0.717) is 18.7 Å². The quantitative estimate of drug-likeness (QED) is 0.780. The maximum Gasteiger partial charge on any atom is 0.253 e. The first-order chi connectivity index (χ1) is 10.6. The van der Waals surface area contributed by atoms with Gasteiger partial charge in [0, 0.05) is 25.2 Å². The Morgan fingerprint density at radius 3 is 2.61 bits per heavy atom. The zero-order chi connectivity index (χ0) is 17.3. The van der Waals surface area contributed by atoms with Crippen LogP contribution in [0.4, 0.5) is 0 Å². The first-order valence-electron chi connectivity index (χ1n) is 7.72. The van der Waals surface area contributed by atoms with E-state index in [0.717, 1.165) is 12.8 Å². The monoisotopic (exact) mass is 339 g/mol. The van der Waals surface area contributed by atoms with Crippen LogP contribution >= 0.6 is 0 Å². The molecule has 3 N–H and O–H groups in total. The number of amides is 1. The van der Waals surface area contributed by atoms with E-state index in [9.17, 15) is 13.2 Å². The summed E-state index contributed by atoms with van der Waals surface area (Å²) in [6.07, 6.45) is 1.74. The van der Waals surface area contributed by atoms with Crippen LogP contribution in [0, 0.1) is 5.41 Å². The molecule has 1 aromatic rings. The summed E-state index contributed by atoms with van der Waals surface area (Å²) < 4.78 is 27.1. The number of nitrogens with two attached hydrogens (primary N) is 1. The lowest BCUT2D eigenvalue weighted by atomic mass is 9.93. The van der Waals surface area contributed by atoms with E-state index in [1.165, 1.54) is 12.1 Å². The van der Waals surface area contributed by atoms with Gasteiger partial charge in [0.15, 0.2) is 0 Å². The van der Waals surface area contributed by atoms with Crippen molar-refractivity contribution in [2.45, 2.75) is 37.6 Å². The van der Waals surface area contributed by atoms with Crippen molar-refractivity contribution < 1.29 is 13.2 Å². The van der Waals surface area contributed by atoms with Gasteiger partial charge in [-0.05, 0) is 43.0 Å². The van der Waals surface area contributed by atoms with Crippen molar-refractivity contribution in [1.82, 2.24) is 9.62 Å². The number of hydrogen-bond acceptors (Lipinski definition) is 4. The second-order valence-corrected chi connectivity index (χ2v) is 8.67. The molecule has 0 radical (unpaired) electrons. The van der Waals surface area contributed by atoms with Crippen molar-refractivity contribution in [2.75, 3.05) is 20.1 Å². The average molecular weight is 339 g/mol. The molecule has 0 unspecified atom stereocenters. The van der Waals surface area contributed by atoms with E-state index >= 15 is 0 Å². The zero-order valence-corrected chi connectivity index (χ0v) is 14.7. The summed E-state index contributed by atoms with van der Waals surface area (Å²) in [6.45, 7) is 4.93. The Morgan fingerprint density at radius 2 is 2.04 bits per heavy atom. The lowest BCUT2D eigenvalue weighted by Crippen LogP contribution is -2.39. The van der Waals surface area contributed by atoms with E-state index < -0.39 is 10.0 Å². The molecular formula is C16H25N3O3S. The lowest BCUT2D eigenvalue weighted by molar-refractivity contribution is 0.0740. The SMILES string of the molecule is CN(CC(C)(C)CN)C(=O)c1cccc(S(=O)(=O)NC2CC2)c1. The summed E-state index contributed by atoms with van der Waals surface area (Å²) in [4.78, 5) is 14.2. The van der Waals surface area contributed by atoms with Gasteiger partial charge in [0.1, 0.15) is 0 Å². The summed E-state index contributed by atoms with van der Waals surface area (Å²) in [5.41, 5.74) is 5.87. The molecule has 23 heavy (non-hydrogen) atoms. The van der Waals surface area contributed by atoms with E-state index in [4.69, 9.17) is 5.73 Å². The number of nitrogens with one attached hydrogen (secondary N) is 1. The second kappa shape index (κ2) is 6.59. The van der Waals surface area contributed by atoms with Gasteiger partial charge in [0.05, 0.1) is 4.90 Å². The van der Waals surface area contributed by atoms with Crippen molar-refractivity contribution in [3.05, 3.63) is 29.8 Å². The molecule has 1 aromatic carbocycles. The molecule has 1 aliphatic rings. The molecular weight excluding hydrogens is 314 g/mol. The van der Waals surface area contributed by atoms with E-state index in [-0.39, 0.29) is 22.3 Å². The van der Waals surface area contributed by atoms with Gasteiger partial charge in [-0.2, -0.15) is 0 Å². The largest absolute Gasteiger partial charge is 0.341 e. The summed E-state index contributed by atoms with van der Waals surface area (Å²) in [7, 11) is -1.86. The van der Waals surface area contributed by atoms with Crippen LogP contribution in [0.1, 0.15) is 37.0 Å². The van der Waals surface area contributed by atoms with Gasteiger partial charge in [-0.1, -0.05) is 19.9 Å². The molecule has 0 aromatic heterocycles. The minimum Gasteiger partial charge on any atom is -0.341 e. The molecule has 6 nitrogen and oxygen atoms in total. The van der Waals surface area contributed by atoms with E-state index in [1.54, 1.807) is 24.1 Å². The Labute approximate surface area is 138 Å².